The molecule has 2 atom stereocenters. The number of carboxylic acids is 1. The number of nitrogens with zero attached hydrogens (tertiary/aromatic N) is 6. The van der Waals surface area contributed by atoms with Crippen LogP contribution in [0.25, 0.3) is 5.69 Å². The predicted molar refractivity (Wildman–Crippen MR) is 140 cm³/mol. The number of carboxylic acid groups (broad SMARTS) is 1. The van der Waals surface area contributed by atoms with Gasteiger partial charge in [0.1, 0.15) is 27.6 Å². The minimum atomic E-state index is -4.09. The molecule has 0 saturated heterocycles. The SMILES string of the molecule is Cn1cc(C2CC2c2c(C(=O)O)cnn2-c2cccc(CN3CC(C)(C)Oc4ccc(F)cc4S3(=O)=O)c2)nn1. The summed E-state index contributed by atoms with van der Waals surface area (Å²) >= 11 is 0. The number of aromatic nitrogens is 5. The quantitative estimate of drug-likeness (QED) is 0.375. The van der Waals surface area contributed by atoms with Gasteiger partial charge in [-0.1, -0.05) is 17.3 Å². The maximum absolute atomic E-state index is 14.1. The van der Waals surface area contributed by atoms with Gasteiger partial charge >= 0.3 is 5.97 Å². The Labute approximate surface area is 229 Å². The number of aromatic carboxylic acids is 1. The highest BCUT2D eigenvalue weighted by atomic mass is 32.2. The van der Waals surface area contributed by atoms with Gasteiger partial charge in [-0.3, -0.25) is 4.68 Å². The van der Waals surface area contributed by atoms with Crippen LogP contribution < -0.4 is 4.74 Å². The van der Waals surface area contributed by atoms with Crippen molar-refractivity contribution in [3.05, 3.63) is 83.2 Å². The third-order valence-corrected chi connectivity index (χ3v) is 8.97. The third-order valence-electron chi connectivity index (χ3n) is 7.16. The highest BCUT2D eigenvalue weighted by Crippen LogP contribution is 2.55. The van der Waals surface area contributed by atoms with Crippen LogP contribution in [0.15, 0.2) is 59.8 Å². The van der Waals surface area contributed by atoms with Gasteiger partial charge in [0.2, 0.25) is 10.0 Å². The summed E-state index contributed by atoms with van der Waals surface area (Å²) in [5.74, 6) is -1.73. The van der Waals surface area contributed by atoms with Crippen molar-refractivity contribution in [3.8, 4) is 11.4 Å². The molecule has 0 bridgehead atoms. The molecule has 6 rings (SSSR count). The van der Waals surface area contributed by atoms with E-state index in [9.17, 15) is 22.7 Å². The van der Waals surface area contributed by atoms with Crippen LogP contribution in [-0.2, 0) is 23.6 Å². The zero-order chi connectivity index (χ0) is 28.4. The Kier molecular flexibility index (Phi) is 6.04. The minimum absolute atomic E-state index is 0.00698. The Morgan fingerprint density at radius 2 is 2.00 bits per heavy atom. The van der Waals surface area contributed by atoms with Crippen molar-refractivity contribution in [2.45, 2.75) is 49.1 Å². The van der Waals surface area contributed by atoms with Crippen molar-refractivity contribution in [2.24, 2.45) is 7.05 Å². The smallest absolute Gasteiger partial charge is 0.339 e. The standard InChI is InChI=1S/C27H27FN6O5S/c1-27(2)15-33(40(37,38)24-10-17(28)7-8-23(24)39-27)13-16-5-4-6-18(9-16)34-25(21(12-29-34)26(35)36)20-11-19(20)22-14-32(3)31-30-22/h4-10,12,14,19-20H,11,13,15H2,1-3H3,(H,35,36). The molecule has 40 heavy (non-hydrogen) atoms. The van der Waals surface area contributed by atoms with Gasteiger partial charge in [-0.05, 0) is 56.2 Å². The predicted octanol–water partition coefficient (Wildman–Crippen LogP) is 3.47. The number of hydrogen-bond donors (Lipinski definition) is 1. The lowest BCUT2D eigenvalue weighted by atomic mass is 10.1. The summed E-state index contributed by atoms with van der Waals surface area (Å²) in [6.45, 7) is 3.58. The lowest BCUT2D eigenvalue weighted by molar-refractivity contribution is 0.0695. The second kappa shape index (κ2) is 9.24. The van der Waals surface area contributed by atoms with Crippen molar-refractivity contribution >= 4 is 16.0 Å². The van der Waals surface area contributed by atoms with Gasteiger partial charge in [0, 0.05) is 31.6 Å². The summed E-state index contributed by atoms with van der Waals surface area (Å²) in [5, 5.41) is 22.4. The first kappa shape index (κ1) is 26.1. The van der Waals surface area contributed by atoms with Crippen LogP contribution in [0.3, 0.4) is 0 Å². The van der Waals surface area contributed by atoms with Gasteiger partial charge in [-0.25, -0.2) is 22.3 Å². The van der Waals surface area contributed by atoms with Gasteiger partial charge in [-0.15, -0.1) is 5.10 Å². The van der Waals surface area contributed by atoms with E-state index in [1.807, 2.05) is 6.20 Å². The Morgan fingerprint density at radius 1 is 1.20 bits per heavy atom. The molecular weight excluding hydrogens is 539 g/mol. The fourth-order valence-electron chi connectivity index (χ4n) is 5.32. The molecule has 2 aliphatic rings. The van der Waals surface area contributed by atoms with Crippen LogP contribution >= 0.6 is 0 Å². The molecule has 208 valence electrons. The molecule has 4 aromatic rings. The van der Waals surface area contributed by atoms with E-state index in [-0.39, 0.29) is 41.1 Å². The summed E-state index contributed by atoms with van der Waals surface area (Å²) in [6, 6.07) is 10.6. The first-order valence-electron chi connectivity index (χ1n) is 12.7. The fourth-order valence-corrected chi connectivity index (χ4v) is 7.03. The summed E-state index contributed by atoms with van der Waals surface area (Å²) in [7, 11) is -2.31. The van der Waals surface area contributed by atoms with Crippen LogP contribution in [0.1, 0.15) is 59.4 Å². The van der Waals surface area contributed by atoms with Gasteiger partial charge in [0.25, 0.3) is 0 Å². The van der Waals surface area contributed by atoms with Crippen LogP contribution in [-0.4, -0.2) is 60.7 Å². The lowest BCUT2D eigenvalue weighted by Crippen LogP contribution is -2.42. The number of carbonyl (C=O) groups is 1. The number of hydrogen-bond acceptors (Lipinski definition) is 7. The van der Waals surface area contributed by atoms with E-state index in [0.717, 1.165) is 11.8 Å². The van der Waals surface area contributed by atoms with Gasteiger partial charge in [0.05, 0.1) is 29.8 Å². The molecule has 2 aromatic carbocycles. The normalized spacial score (nSPS) is 21.3. The van der Waals surface area contributed by atoms with E-state index < -0.39 is 27.4 Å². The number of sulfonamides is 1. The topological polar surface area (TPSA) is 132 Å². The highest BCUT2D eigenvalue weighted by Gasteiger charge is 2.46. The molecule has 11 nitrogen and oxygen atoms in total. The largest absolute Gasteiger partial charge is 0.485 e. The molecule has 1 aliphatic heterocycles. The first-order chi connectivity index (χ1) is 18.9. The van der Waals surface area contributed by atoms with E-state index in [2.05, 4.69) is 15.4 Å². The maximum atomic E-state index is 14.1. The molecule has 0 radical (unpaired) electrons. The molecule has 2 unspecified atom stereocenters. The zero-order valence-corrected chi connectivity index (χ0v) is 22.8. The van der Waals surface area contributed by atoms with Crippen molar-refractivity contribution < 1.29 is 27.4 Å². The van der Waals surface area contributed by atoms with Crippen molar-refractivity contribution in [1.82, 2.24) is 29.1 Å². The molecule has 1 fully saturated rings. The van der Waals surface area contributed by atoms with E-state index in [1.165, 1.54) is 22.6 Å². The number of rotatable bonds is 6. The molecule has 1 saturated carbocycles. The average Bonchev–Trinajstić information content (AvgIpc) is 3.35. The fraction of sp³-hybridized carbons (Fsp3) is 0.333. The first-order valence-corrected chi connectivity index (χ1v) is 14.1. The van der Waals surface area contributed by atoms with Crippen LogP contribution in [0.4, 0.5) is 4.39 Å². The second-order valence-corrected chi connectivity index (χ2v) is 12.7. The number of aryl methyl sites for hydroxylation is 1. The maximum Gasteiger partial charge on any atom is 0.339 e. The van der Waals surface area contributed by atoms with Crippen LogP contribution in [0.5, 0.6) is 5.75 Å². The Morgan fingerprint density at radius 3 is 2.73 bits per heavy atom. The molecule has 0 amide bonds. The number of halogens is 1. The molecule has 1 aliphatic carbocycles. The van der Waals surface area contributed by atoms with E-state index >= 15 is 0 Å². The van der Waals surface area contributed by atoms with E-state index in [0.29, 0.717) is 23.4 Å². The zero-order valence-electron chi connectivity index (χ0n) is 22.0. The summed E-state index contributed by atoms with van der Waals surface area (Å²) < 4.78 is 51.7. The van der Waals surface area contributed by atoms with Gasteiger partial charge in [0.15, 0.2) is 0 Å². The molecule has 2 aromatic heterocycles. The molecule has 3 heterocycles. The third kappa shape index (κ3) is 4.64. The van der Waals surface area contributed by atoms with Crippen molar-refractivity contribution in [2.75, 3.05) is 6.54 Å². The van der Waals surface area contributed by atoms with Gasteiger partial charge < -0.3 is 9.84 Å². The Bertz CT molecular complexity index is 1750. The van der Waals surface area contributed by atoms with Crippen molar-refractivity contribution in [1.29, 1.82) is 0 Å². The summed E-state index contributed by atoms with van der Waals surface area (Å²) in [5.41, 5.74) is 1.82. The molecule has 13 heteroatoms. The summed E-state index contributed by atoms with van der Waals surface area (Å²) in [4.78, 5) is 11.8. The molecular formula is C27H27FN6O5S. The van der Waals surface area contributed by atoms with Crippen LogP contribution in [0, 0.1) is 5.82 Å². The van der Waals surface area contributed by atoms with E-state index in [4.69, 9.17) is 4.74 Å². The second-order valence-electron chi connectivity index (χ2n) is 10.8. The Hall–Kier alpha value is -4.10. The van der Waals surface area contributed by atoms with Gasteiger partial charge in [-0.2, -0.15) is 9.40 Å². The monoisotopic (exact) mass is 566 g/mol. The molecule has 0 spiro atoms. The van der Waals surface area contributed by atoms with Crippen molar-refractivity contribution in [3.63, 3.8) is 0 Å². The number of fused-ring (bicyclic) bond motifs is 1. The van der Waals surface area contributed by atoms with Crippen LogP contribution in [0.2, 0.25) is 0 Å². The number of benzene rings is 2. The number of ether oxygens (including phenoxy) is 1. The van der Waals surface area contributed by atoms with E-state index in [1.54, 1.807) is 54.5 Å². The lowest BCUT2D eigenvalue weighted by Gasteiger charge is -2.28. The average molecular weight is 567 g/mol. The summed E-state index contributed by atoms with van der Waals surface area (Å²) in [6.07, 6.45) is 3.87. The highest BCUT2D eigenvalue weighted by molar-refractivity contribution is 7.89. The Balaban J connectivity index is 1.35. The minimum Gasteiger partial charge on any atom is -0.485 e. The molecule has 1 N–H and O–H groups in total.